The Morgan fingerprint density at radius 1 is 1.15 bits per heavy atom. The lowest BCUT2D eigenvalue weighted by Gasteiger charge is -2.50. The molecular weight excluding hydrogens is 324 g/mol. The zero-order valence-electron chi connectivity index (χ0n) is 16.7. The van der Waals surface area contributed by atoms with Gasteiger partial charge in [0.2, 0.25) is 0 Å². The van der Waals surface area contributed by atoms with E-state index in [1.54, 1.807) is 0 Å². The molecule has 1 unspecified atom stereocenters. The molecule has 2 heterocycles. The van der Waals surface area contributed by atoms with E-state index >= 15 is 0 Å². The number of hydrogen-bond donors (Lipinski definition) is 0. The summed E-state index contributed by atoms with van der Waals surface area (Å²) in [5.74, 6) is 0.199. The van der Waals surface area contributed by atoms with Gasteiger partial charge in [-0.25, -0.2) is 0 Å². The van der Waals surface area contributed by atoms with Gasteiger partial charge >= 0.3 is 0 Å². The molecule has 4 heteroatoms. The number of para-hydroxylation sites is 1. The van der Waals surface area contributed by atoms with E-state index in [-0.39, 0.29) is 17.6 Å². The molecule has 26 heavy (non-hydrogen) atoms. The van der Waals surface area contributed by atoms with Gasteiger partial charge < -0.3 is 14.5 Å². The number of hydrogen-bond acceptors (Lipinski definition) is 3. The predicted molar refractivity (Wildman–Crippen MR) is 107 cm³/mol. The van der Waals surface area contributed by atoms with Gasteiger partial charge in [-0.05, 0) is 44.2 Å². The average Bonchev–Trinajstić information content (AvgIpc) is 2.69. The number of amides is 1. The minimum absolute atomic E-state index is 0.153. The maximum atomic E-state index is 12.6. The molecule has 1 spiro atoms. The summed E-state index contributed by atoms with van der Waals surface area (Å²) in [5, 5.41) is 0. The number of aryl methyl sites for hydroxylation is 1. The van der Waals surface area contributed by atoms with Crippen LogP contribution in [0.25, 0.3) is 0 Å². The second-order valence-corrected chi connectivity index (χ2v) is 7.75. The third-order valence-corrected chi connectivity index (χ3v) is 6.05. The summed E-state index contributed by atoms with van der Waals surface area (Å²) in [6.07, 6.45) is 5.84. The fourth-order valence-electron chi connectivity index (χ4n) is 4.41. The number of ether oxygens (including phenoxy) is 1. The van der Waals surface area contributed by atoms with Gasteiger partial charge in [-0.15, -0.1) is 0 Å². The predicted octanol–water partition coefficient (Wildman–Crippen LogP) is 4.03. The minimum atomic E-state index is -0.238. The van der Waals surface area contributed by atoms with Crippen LogP contribution in [0.3, 0.4) is 0 Å². The summed E-state index contributed by atoms with van der Waals surface area (Å²) in [5.41, 5.74) is 2.63. The van der Waals surface area contributed by atoms with Crippen LogP contribution in [-0.4, -0.2) is 48.7 Å². The highest BCUT2D eigenvalue weighted by Gasteiger charge is 2.46. The quantitative estimate of drug-likeness (QED) is 0.770. The van der Waals surface area contributed by atoms with Gasteiger partial charge in [0.05, 0.1) is 5.60 Å². The van der Waals surface area contributed by atoms with Crippen LogP contribution in [0.5, 0.6) is 0 Å². The smallest absolute Gasteiger partial charge is 0.251 e. The first-order chi connectivity index (χ1) is 12.6. The van der Waals surface area contributed by atoms with Crippen LogP contribution in [0, 0.1) is 0 Å². The average molecular weight is 359 g/mol. The number of rotatable bonds is 6. The van der Waals surface area contributed by atoms with Crippen molar-refractivity contribution in [2.75, 3.05) is 31.1 Å². The lowest BCUT2D eigenvalue weighted by molar-refractivity contribution is -0.188. The molecule has 0 aliphatic carbocycles. The van der Waals surface area contributed by atoms with Crippen LogP contribution >= 0.6 is 0 Å². The third-order valence-electron chi connectivity index (χ3n) is 6.05. The van der Waals surface area contributed by atoms with Gasteiger partial charge in [0.25, 0.3) is 5.91 Å². The Hall–Kier alpha value is -1.55. The molecule has 3 rings (SSSR count). The first-order valence-electron chi connectivity index (χ1n) is 10.4. The van der Waals surface area contributed by atoms with Gasteiger partial charge in [-0.3, -0.25) is 4.79 Å². The fourth-order valence-corrected chi connectivity index (χ4v) is 4.41. The SMILES string of the molecule is CCCCC1OC2(CCN(c3ccccc3CC)CC2)CN(CC)C1=O. The number of likely N-dealkylation sites (N-methyl/N-ethyl adjacent to an activating group) is 1. The molecule has 1 atom stereocenters. The van der Waals surface area contributed by atoms with Crippen molar-refractivity contribution in [3.8, 4) is 0 Å². The second-order valence-electron chi connectivity index (χ2n) is 7.75. The van der Waals surface area contributed by atoms with Crippen LogP contribution in [0.1, 0.15) is 58.4 Å². The third kappa shape index (κ3) is 3.90. The largest absolute Gasteiger partial charge is 0.371 e. The molecule has 1 amide bonds. The van der Waals surface area contributed by atoms with Crippen LogP contribution in [0.4, 0.5) is 5.69 Å². The van der Waals surface area contributed by atoms with E-state index in [4.69, 9.17) is 4.74 Å². The van der Waals surface area contributed by atoms with Gasteiger partial charge in [0.1, 0.15) is 6.10 Å². The summed E-state index contributed by atoms with van der Waals surface area (Å²) in [6.45, 7) is 10.0. The van der Waals surface area contributed by atoms with Gasteiger partial charge in [0, 0.05) is 31.9 Å². The molecule has 0 radical (unpaired) electrons. The topological polar surface area (TPSA) is 32.8 Å². The van der Waals surface area contributed by atoms with E-state index in [0.717, 1.165) is 64.7 Å². The fraction of sp³-hybridized carbons (Fsp3) is 0.682. The number of benzene rings is 1. The number of carbonyl (C=O) groups is 1. The van der Waals surface area contributed by atoms with Gasteiger partial charge in [-0.2, -0.15) is 0 Å². The Morgan fingerprint density at radius 2 is 1.88 bits per heavy atom. The molecule has 1 aromatic rings. The summed E-state index contributed by atoms with van der Waals surface area (Å²) in [4.78, 5) is 17.2. The Kier molecular flexibility index (Phi) is 6.23. The van der Waals surface area contributed by atoms with Crippen molar-refractivity contribution in [3.63, 3.8) is 0 Å². The van der Waals surface area contributed by atoms with Gasteiger partial charge in [-0.1, -0.05) is 44.9 Å². The number of anilines is 1. The molecule has 1 aromatic carbocycles. The maximum absolute atomic E-state index is 12.6. The lowest BCUT2D eigenvalue weighted by Crippen LogP contribution is -2.61. The normalized spacial score (nSPS) is 22.9. The van der Waals surface area contributed by atoms with E-state index in [1.807, 2.05) is 4.90 Å². The molecule has 4 nitrogen and oxygen atoms in total. The lowest BCUT2D eigenvalue weighted by atomic mass is 9.87. The highest BCUT2D eigenvalue weighted by molar-refractivity contribution is 5.81. The summed E-state index contributed by atoms with van der Waals surface area (Å²) in [7, 11) is 0. The Bertz CT molecular complexity index is 608. The highest BCUT2D eigenvalue weighted by atomic mass is 16.5. The van der Waals surface area contributed by atoms with Crippen molar-refractivity contribution in [2.24, 2.45) is 0 Å². The minimum Gasteiger partial charge on any atom is -0.371 e. The molecule has 2 aliphatic heterocycles. The van der Waals surface area contributed by atoms with Crippen molar-refractivity contribution in [1.82, 2.24) is 4.90 Å². The van der Waals surface area contributed by atoms with Crippen LogP contribution < -0.4 is 4.90 Å². The number of morpholine rings is 1. The first-order valence-corrected chi connectivity index (χ1v) is 10.4. The standard InChI is InChI=1S/C22H34N2O2/c1-4-7-12-20-21(25)23(6-3)17-22(26-20)13-15-24(16-14-22)19-11-9-8-10-18(19)5-2/h8-11,20H,4-7,12-17H2,1-3H3. The molecule has 0 bridgehead atoms. The van der Waals surface area contributed by atoms with Gasteiger partial charge in [0.15, 0.2) is 0 Å². The molecule has 2 aliphatic rings. The van der Waals surface area contributed by atoms with Crippen molar-refractivity contribution in [3.05, 3.63) is 29.8 Å². The van der Waals surface area contributed by atoms with Crippen molar-refractivity contribution in [1.29, 1.82) is 0 Å². The van der Waals surface area contributed by atoms with E-state index in [2.05, 4.69) is 49.9 Å². The molecule has 2 saturated heterocycles. The number of nitrogens with zero attached hydrogens (tertiary/aromatic N) is 2. The Morgan fingerprint density at radius 3 is 2.54 bits per heavy atom. The van der Waals surface area contributed by atoms with E-state index < -0.39 is 0 Å². The van der Waals surface area contributed by atoms with E-state index in [9.17, 15) is 4.79 Å². The monoisotopic (exact) mass is 358 g/mol. The van der Waals surface area contributed by atoms with Crippen molar-refractivity contribution < 1.29 is 9.53 Å². The molecule has 2 fully saturated rings. The number of unbranched alkanes of at least 4 members (excludes halogenated alkanes) is 1. The Labute approximate surface area is 158 Å². The molecule has 0 N–H and O–H groups in total. The Balaban J connectivity index is 1.71. The van der Waals surface area contributed by atoms with Crippen LogP contribution in [0.2, 0.25) is 0 Å². The highest BCUT2D eigenvalue weighted by Crippen LogP contribution is 2.36. The summed E-state index contributed by atoms with van der Waals surface area (Å²) >= 11 is 0. The van der Waals surface area contributed by atoms with E-state index in [0.29, 0.717) is 0 Å². The summed E-state index contributed by atoms with van der Waals surface area (Å²) in [6, 6.07) is 8.73. The molecule has 0 saturated carbocycles. The summed E-state index contributed by atoms with van der Waals surface area (Å²) < 4.78 is 6.48. The zero-order valence-corrected chi connectivity index (χ0v) is 16.7. The zero-order chi connectivity index (χ0) is 18.6. The molecular formula is C22H34N2O2. The van der Waals surface area contributed by atoms with Crippen molar-refractivity contribution >= 4 is 11.6 Å². The van der Waals surface area contributed by atoms with Crippen LogP contribution in [0.15, 0.2) is 24.3 Å². The molecule has 0 aromatic heterocycles. The van der Waals surface area contributed by atoms with Crippen LogP contribution in [-0.2, 0) is 16.0 Å². The second kappa shape index (κ2) is 8.43. The molecule has 144 valence electrons. The van der Waals surface area contributed by atoms with E-state index in [1.165, 1.54) is 11.3 Å². The number of piperidine rings is 1. The maximum Gasteiger partial charge on any atom is 0.251 e. The number of carbonyl (C=O) groups excluding carboxylic acids is 1. The van der Waals surface area contributed by atoms with Crippen molar-refractivity contribution in [2.45, 2.75) is 71.0 Å². The first kappa shape index (κ1) is 19.2.